The highest BCUT2D eigenvalue weighted by Gasteiger charge is 2.47. The van der Waals surface area contributed by atoms with Crippen molar-refractivity contribution >= 4 is 0 Å². The minimum absolute atomic E-state index is 0.370. The van der Waals surface area contributed by atoms with Crippen molar-refractivity contribution in [1.29, 1.82) is 0 Å². The van der Waals surface area contributed by atoms with Crippen LogP contribution in [0.3, 0.4) is 0 Å². The van der Waals surface area contributed by atoms with Gasteiger partial charge in [-0.05, 0) is 24.5 Å². The first-order valence-electron chi connectivity index (χ1n) is 5.75. The van der Waals surface area contributed by atoms with Gasteiger partial charge in [0.1, 0.15) is 11.5 Å². The minimum Gasteiger partial charge on any atom is -0.497 e. The third-order valence-electron chi connectivity index (χ3n) is 3.83. The van der Waals surface area contributed by atoms with Crippen molar-refractivity contribution in [2.24, 2.45) is 0 Å². The van der Waals surface area contributed by atoms with Crippen LogP contribution >= 0.6 is 0 Å². The van der Waals surface area contributed by atoms with Crippen LogP contribution in [-0.4, -0.2) is 20.8 Å². The van der Waals surface area contributed by atoms with Crippen molar-refractivity contribution in [3.8, 4) is 11.5 Å². The van der Waals surface area contributed by atoms with E-state index in [1.54, 1.807) is 14.2 Å². The molecule has 2 aliphatic rings. The Morgan fingerprint density at radius 2 is 2.00 bits per heavy atom. The van der Waals surface area contributed by atoms with E-state index in [-0.39, 0.29) is 0 Å². The summed E-state index contributed by atoms with van der Waals surface area (Å²) in [7, 11) is 3.44. The zero-order valence-electron chi connectivity index (χ0n) is 9.80. The summed E-state index contributed by atoms with van der Waals surface area (Å²) in [4.78, 5) is 0. The molecule has 1 spiro atoms. The first-order valence-corrected chi connectivity index (χ1v) is 5.75. The Balaban J connectivity index is 2.16. The fraction of sp³-hybridized carbons (Fsp3) is 0.538. The number of nitrogens with one attached hydrogen (secondary N) is 1. The molecule has 0 amide bonds. The monoisotopic (exact) mass is 219 g/mol. The average Bonchev–Trinajstić information content (AvgIpc) is 3.09. The summed E-state index contributed by atoms with van der Waals surface area (Å²) in [5.41, 5.74) is 3.12. The van der Waals surface area contributed by atoms with E-state index in [0.717, 1.165) is 24.6 Å². The molecule has 1 aromatic rings. The van der Waals surface area contributed by atoms with E-state index in [9.17, 15) is 0 Å². The van der Waals surface area contributed by atoms with E-state index in [4.69, 9.17) is 9.47 Å². The normalized spacial score (nSPS) is 20.4. The average molecular weight is 219 g/mol. The number of hydrogen-bond acceptors (Lipinski definition) is 3. The zero-order chi connectivity index (χ0) is 11.2. The van der Waals surface area contributed by atoms with Gasteiger partial charge in [0.05, 0.1) is 14.2 Å². The maximum absolute atomic E-state index is 5.46. The quantitative estimate of drug-likeness (QED) is 0.823. The minimum atomic E-state index is 0.370. The molecule has 86 valence electrons. The molecule has 3 rings (SSSR count). The van der Waals surface area contributed by atoms with Crippen LogP contribution < -0.4 is 14.8 Å². The topological polar surface area (TPSA) is 30.5 Å². The number of rotatable bonds is 2. The van der Waals surface area contributed by atoms with Crippen LogP contribution in [-0.2, 0) is 12.0 Å². The van der Waals surface area contributed by atoms with Gasteiger partial charge in [-0.3, -0.25) is 0 Å². The van der Waals surface area contributed by atoms with E-state index in [2.05, 4.69) is 11.4 Å². The van der Waals surface area contributed by atoms with E-state index in [0.29, 0.717) is 5.41 Å². The Morgan fingerprint density at radius 1 is 1.19 bits per heavy atom. The maximum Gasteiger partial charge on any atom is 0.127 e. The van der Waals surface area contributed by atoms with Gasteiger partial charge in [0, 0.05) is 30.1 Å². The smallest absolute Gasteiger partial charge is 0.127 e. The first-order chi connectivity index (χ1) is 7.79. The van der Waals surface area contributed by atoms with Crippen LogP contribution in [0.2, 0.25) is 0 Å². The Kier molecular flexibility index (Phi) is 2.11. The van der Waals surface area contributed by atoms with Gasteiger partial charge in [-0.1, -0.05) is 0 Å². The summed E-state index contributed by atoms with van der Waals surface area (Å²) in [5, 5.41) is 3.49. The summed E-state index contributed by atoms with van der Waals surface area (Å²) < 4.78 is 10.8. The molecule has 1 aliphatic carbocycles. The van der Waals surface area contributed by atoms with E-state index < -0.39 is 0 Å². The molecule has 1 aliphatic heterocycles. The summed E-state index contributed by atoms with van der Waals surface area (Å²) in [5.74, 6) is 1.86. The van der Waals surface area contributed by atoms with Gasteiger partial charge in [0.2, 0.25) is 0 Å². The Morgan fingerprint density at radius 3 is 2.62 bits per heavy atom. The number of methoxy groups -OCH3 is 2. The number of ether oxygens (including phenoxy) is 2. The summed E-state index contributed by atoms with van der Waals surface area (Å²) in [6.07, 6.45) is 2.56. The molecule has 1 heterocycles. The van der Waals surface area contributed by atoms with Gasteiger partial charge in [-0.15, -0.1) is 0 Å². The van der Waals surface area contributed by atoms with Crippen molar-refractivity contribution in [3.63, 3.8) is 0 Å². The molecule has 0 atom stereocenters. The van der Waals surface area contributed by atoms with Gasteiger partial charge in [0.25, 0.3) is 0 Å². The van der Waals surface area contributed by atoms with Gasteiger partial charge in [0.15, 0.2) is 0 Å². The third kappa shape index (κ3) is 1.31. The fourth-order valence-electron chi connectivity index (χ4n) is 2.69. The van der Waals surface area contributed by atoms with E-state index in [1.807, 2.05) is 6.07 Å². The van der Waals surface area contributed by atoms with Crippen molar-refractivity contribution < 1.29 is 9.47 Å². The van der Waals surface area contributed by atoms with E-state index >= 15 is 0 Å². The highest BCUT2D eigenvalue weighted by Crippen LogP contribution is 2.52. The molecule has 1 fully saturated rings. The van der Waals surface area contributed by atoms with Crippen LogP contribution in [0.5, 0.6) is 11.5 Å². The molecule has 0 radical (unpaired) electrons. The van der Waals surface area contributed by atoms with Crippen LogP contribution in [0, 0.1) is 0 Å². The Bertz CT molecular complexity index is 424. The Hall–Kier alpha value is -1.22. The highest BCUT2D eigenvalue weighted by atomic mass is 16.5. The number of fused-ring (bicyclic) bond motifs is 2. The second-order valence-corrected chi connectivity index (χ2v) is 4.74. The molecule has 0 aromatic heterocycles. The molecular formula is C13H17NO2. The third-order valence-corrected chi connectivity index (χ3v) is 3.83. The predicted octanol–water partition coefficient (Wildman–Crippen LogP) is 1.84. The molecule has 16 heavy (non-hydrogen) atoms. The van der Waals surface area contributed by atoms with Crippen LogP contribution in [0.4, 0.5) is 0 Å². The lowest BCUT2D eigenvalue weighted by atomic mass is 9.87. The van der Waals surface area contributed by atoms with Gasteiger partial charge in [-0.2, -0.15) is 0 Å². The van der Waals surface area contributed by atoms with Crippen molar-refractivity contribution in [3.05, 3.63) is 23.3 Å². The van der Waals surface area contributed by atoms with E-state index in [1.165, 1.54) is 24.0 Å². The van der Waals surface area contributed by atoms with Gasteiger partial charge >= 0.3 is 0 Å². The Labute approximate surface area is 95.8 Å². The largest absolute Gasteiger partial charge is 0.497 e. The molecule has 1 N–H and O–H groups in total. The molecular weight excluding hydrogens is 202 g/mol. The molecule has 1 aromatic carbocycles. The molecule has 1 saturated carbocycles. The summed E-state index contributed by atoms with van der Waals surface area (Å²) in [6, 6.07) is 4.16. The van der Waals surface area contributed by atoms with Gasteiger partial charge in [-0.25, -0.2) is 0 Å². The van der Waals surface area contributed by atoms with Crippen LogP contribution in [0.15, 0.2) is 12.1 Å². The number of hydrogen-bond donors (Lipinski definition) is 1. The molecule has 0 bridgehead atoms. The lowest BCUT2D eigenvalue weighted by Gasteiger charge is -2.28. The first kappa shape index (κ1) is 9.97. The molecule has 0 unspecified atom stereocenters. The lowest BCUT2D eigenvalue weighted by molar-refractivity contribution is 0.381. The molecule has 3 nitrogen and oxygen atoms in total. The highest BCUT2D eigenvalue weighted by molar-refractivity contribution is 5.53. The number of benzene rings is 1. The summed E-state index contributed by atoms with van der Waals surface area (Å²) >= 11 is 0. The van der Waals surface area contributed by atoms with Crippen LogP contribution in [0.1, 0.15) is 24.0 Å². The SMILES string of the molecule is COc1cc(OC)c2c(c1)C1(CC1)CNC2. The molecule has 3 heteroatoms. The van der Waals surface area contributed by atoms with Crippen molar-refractivity contribution in [1.82, 2.24) is 5.32 Å². The second kappa shape index (κ2) is 3.39. The predicted molar refractivity (Wildman–Crippen MR) is 62.2 cm³/mol. The maximum atomic E-state index is 5.46. The lowest BCUT2D eigenvalue weighted by Crippen LogP contribution is -2.33. The van der Waals surface area contributed by atoms with Gasteiger partial charge < -0.3 is 14.8 Å². The standard InChI is InChI=1S/C13H17NO2/c1-15-9-5-11-10(12(6-9)16-2)7-14-8-13(11)3-4-13/h5-6,14H,3-4,7-8H2,1-2H3. The fourth-order valence-corrected chi connectivity index (χ4v) is 2.69. The van der Waals surface area contributed by atoms with Crippen molar-refractivity contribution in [2.45, 2.75) is 24.8 Å². The zero-order valence-corrected chi connectivity index (χ0v) is 9.80. The van der Waals surface area contributed by atoms with Crippen LogP contribution in [0.25, 0.3) is 0 Å². The molecule has 0 saturated heterocycles. The van der Waals surface area contributed by atoms with Crippen molar-refractivity contribution in [2.75, 3.05) is 20.8 Å². The summed E-state index contributed by atoms with van der Waals surface area (Å²) in [6.45, 7) is 2.00. The second-order valence-electron chi connectivity index (χ2n) is 4.74.